The molecule has 2 aliphatic heterocycles. The molecular formula is C65H55N13O23S7Zn. The number of sulfonamides is 1. The normalized spacial score (nSPS) is 12.3. The third-order valence-electron chi connectivity index (χ3n) is 14.6. The molecule has 5 heterocycles. The van der Waals surface area contributed by atoms with Gasteiger partial charge in [0.2, 0.25) is 10.0 Å². The molecule has 9 N–H and O–H groups in total. The zero-order valence-electron chi connectivity index (χ0n) is 56.6. The maximum Gasteiger partial charge on any atom is 2.00 e. The molecule has 8 bridgehead atoms. The van der Waals surface area contributed by atoms with Gasteiger partial charge in [-0.1, -0.05) is 103 Å². The Balaban J connectivity index is 0.000000214. The minimum Gasteiger partial charge on any atom is -0.505 e. The molecule has 0 aliphatic carbocycles. The summed E-state index contributed by atoms with van der Waals surface area (Å²) >= 11 is 0. The number of benzene rings is 9. The topological polar surface area (TPSA) is 577 Å². The van der Waals surface area contributed by atoms with Crippen molar-refractivity contribution in [1.29, 1.82) is 0 Å². The molecular weight excluding hydrogens is 1620 g/mol. The molecule has 9 aromatic carbocycles. The van der Waals surface area contributed by atoms with Crippen LogP contribution in [0.1, 0.15) is 5.56 Å². The van der Waals surface area contributed by atoms with Gasteiger partial charge >= 0.3 is 19.5 Å². The number of aliphatic hydroxyl groups is 1. The van der Waals surface area contributed by atoms with Crippen molar-refractivity contribution in [2.24, 2.45) is 20.5 Å². The maximum absolute atomic E-state index is 12.3. The number of aromatic nitrogens is 8. The second-order valence-electron chi connectivity index (χ2n) is 23.1. The number of aliphatic hydroxyl groups excluding tert-OH is 1. The molecule has 12 aromatic rings. The molecule has 0 atom stereocenters. The van der Waals surface area contributed by atoms with Crippen LogP contribution in [0.2, 0.25) is 0 Å². The summed E-state index contributed by atoms with van der Waals surface area (Å²) in [5.74, 6) is 1.43. The first-order valence-corrected chi connectivity index (χ1v) is 42.0. The molecule has 0 radical (unpaired) electrons. The van der Waals surface area contributed by atoms with E-state index in [2.05, 4.69) is 25.2 Å². The van der Waals surface area contributed by atoms with E-state index in [0.29, 0.717) is 76.3 Å². The Labute approximate surface area is 632 Å². The summed E-state index contributed by atoms with van der Waals surface area (Å²) in [6.07, 6.45) is 3.05. The predicted molar refractivity (Wildman–Crippen MR) is 396 cm³/mol. The third kappa shape index (κ3) is 21.2. The summed E-state index contributed by atoms with van der Waals surface area (Å²) in [5.41, 5.74) is 5.69. The quantitative estimate of drug-likeness (QED) is 0.0312. The van der Waals surface area contributed by atoms with E-state index >= 15 is 0 Å². The first-order chi connectivity index (χ1) is 50.3. The number of fused-ring (bicyclic) bond motifs is 22. The molecule has 0 amide bonds. The largest absolute Gasteiger partial charge is 2.00 e. The Morgan fingerprint density at radius 2 is 0.844 bits per heavy atom. The Bertz CT molecular complexity index is 6360. The van der Waals surface area contributed by atoms with Gasteiger partial charge in [0.15, 0.2) is 5.75 Å². The third-order valence-corrected chi connectivity index (χ3v) is 17.8. The number of aryl methyl sites for hydroxylation is 1. The number of phenolic OH excluding ortho intramolecular Hbond substituents is 1. The zero-order chi connectivity index (χ0) is 78.8. The number of nitrogens with one attached hydrogen (secondary N) is 1. The van der Waals surface area contributed by atoms with Crippen molar-refractivity contribution < 1.29 is 121 Å². The van der Waals surface area contributed by atoms with E-state index < -0.39 is 103 Å². The number of azo groups is 2. The van der Waals surface area contributed by atoms with Gasteiger partial charge < -0.3 is 44.9 Å². The van der Waals surface area contributed by atoms with Crippen molar-refractivity contribution in [2.75, 3.05) is 43.0 Å². The van der Waals surface area contributed by atoms with Gasteiger partial charge in [0.25, 0.3) is 60.7 Å². The SMILES string of the molecule is CS(=O)(=O)O.CS(=O)(=O)O.CS(=O)(=O)O.Cc1cc(N=Nc2c(S(=O)(=O)O)cc3cc(NS(C)(=O)=O)ccc3c2O)c(OCCO)cc1N=Nc1ccc2cc(S(=O)(=O)O)cc(S(=O)(=O)O)c2c1.[Zn+2].c1ccc2c(c1)-c1nc-2nc2[n-]c(nc3nc(nc4[n-]c(n1)c1ccccc41)-c1ccccc1-3)c1ccccc21. The van der Waals surface area contributed by atoms with Gasteiger partial charge in [0.1, 0.15) is 33.5 Å². The minimum absolute atomic E-state index is 0. The Morgan fingerprint density at radius 3 is 1.25 bits per heavy atom. The summed E-state index contributed by atoms with van der Waals surface area (Å²) in [7, 11) is -29.5. The number of rotatable bonds is 12. The molecule has 44 heteroatoms. The van der Waals surface area contributed by atoms with E-state index in [9.17, 15) is 82.8 Å². The second kappa shape index (κ2) is 32.3. The fourth-order valence-corrected chi connectivity index (χ4v) is 13.0. The summed E-state index contributed by atoms with van der Waals surface area (Å²) in [5, 5.41) is 40.1. The number of ether oxygens (including phenoxy) is 1. The molecule has 0 fully saturated rings. The van der Waals surface area contributed by atoms with E-state index in [-0.39, 0.29) is 76.1 Å². The molecule has 3 aromatic heterocycles. The fraction of sp³-hybridized carbons (Fsp3) is 0.108. The molecule has 36 nitrogen and oxygen atoms in total. The maximum atomic E-state index is 12.3. The van der Waals surface area contributed by atoms with Crippen LogP contribution in [-0.4, -0.2) is 165 Å². The fourth-order valence-electron chi connectivity index (χ4n) is 10.4. The van der Waals surface area contributed by atoms with E-state index in [1.54, 1.807) is 6.92 Å². The summed E-state index contributed by atoms with van der Waals surface area (Å²) in [6.45, 7) is 0.872. The van der Waals surface area contributed by atoms with Crippen LogP contribution >= 0.6 is 0 Å². The van der Waals surface area contributed by atoms with Crippen molar-refractivity contribution in [2.45, 2.75) is 21.6 Å². The predicted octanol–water partition coefficient (Wildman–Crippen LogP) is 9.96. The van der Waals surface area contributed by atoms with Crippen LogP contribution in [0.5, 0.6) is 11.5 Å². The van der Waals surface area contributed by atoms with Gasteiger partial charge in [-0.3, -0.25) is 32.0 Å². The van der Waals surface area contributed by atoms with Crippen LogP contribution in [-0.2, 0) is 90.2 Å². The van der Waals surface area contributed by atoms with Crippen LogP contribution in [0, 0.1) is 6.92 Å². The van der Waals surface area contributed by atoms with Gasteiger partial charge in [-0.05, 0) is 99.4 Å². The monoisotopic (exact) mass is 1670 g/mol. The smallest absolute Gasteiger partial charge is 0.505 e. The minimum atomic E-state index is -5.04. The molecule has 562 valence electrons. The Morgan fingerprint density at radius 1 is 0.422 bits per heavy atom. The van der Waals surface area contributed by atoms with Crippen LogP contribution in [0.15, 0.2) is 199 Å². The van der Waals surface area contributed by atoms with Crippen LogP contribution in [0.25, 0.3) is 111 Å². The van der Waals surface area contributed by atoms with E-state index in [1.165, 1.54) is 48.5 Å². The number of nitrogens with zero attached hydrogens (tertiary/aromatic N) is 12. The molecule has 14 rings (SSSR count). The number of phenols is 1. The van der Waals surface area contributed by atoms with Gasteiger partial charge in [0.05, 0.1) is 71.2 Å². The van der Waals surface area contributed by atoms with Crippen molar-refractivity contribution in [3.8, 4) is 57.1 Å². The molecule has 0 saturated carbocycles. The van der Waals surface area contributed by atoms with Crippen LogP contribution in [0.3, 0.4) is 0 Å². The van der Waals surface area contributed by atoms with Gasteiger partial charge in [-0.2, -0.15) is 60.7 Å². The average molecular weight is 1680 g/mol. The first-order valence-electron chi connectivity index (χ1n) is 30.2. The Kier molecular flexibility index (Phi) is 24.5. The van der Waals surface area contributed by atoms with Gasteiger partial charge in [-0.25, -0.2) is 18.4 Å². The van der Waals surface area contributed by atoms with Gasteiger partial charge in [0, 0.05) is 67.4 Å². The van der Waals surface area contributed by atoms with Crippen molar-refractivity contribution in [3.05, 3.63) is 169 Å². The molecule has 0 saturated heterocycles. The van der Waals surface area contributed by atoms with Crippen LogP contribution in [0.4, 0.5) is 28.4 Å². The van der Waals surface area contributed by atoms with Crippen molar-refractivity contribution in [1.82, 2.24) is 39.9 Å². The Hall–Kier alpha value is -10.5. The molecule has 2 aliphatic rings. The molecule has 0 spiro atoms. The van der Waals surface area contributed by atoms with E-state index in [1.807, 2.05) is 97.1 Å². The van der Waals surface area contributed by atoms with Crippen molar-refractivity contribution in [3.63, 3.8) is 0 Å². The number of anilines is 1. The average Bonchev–Trinajstić information content (AvgIpc) is 1.46. The van der Waals surface area contributed by atoms with Gasteiger partial charge in [-0.15, -0.1) is 10.2 Å². The molecule has 109 heavy (non-hydrogen) atoms. The van der Waals surface area contributed by atoms with E-state index in [4.69, 9.17) is 58.3 Å². The molecule has 0 unspecified atom stereocenters. The number of hydrogen-bond acceptors (Lipinski definition) is 27. The zero-order valence-corrected chi connectivity index (χ0v) is 65.3. The second-order valence-corrected chi connectivity index (χ2v) is 33.4. The summed E-state index contributed by atoms with van der Waals surface area (Å²) in [6, 6.07) is 44.7. The summed E-state index contributed by atoms with van der Waals surface area (Å²) in [4.78, 5) is 36.8. The van der Waals surface area contributed by atoms with Crippen LogP contribution < -0.4 is 19.4 Å². The first kappa shape index (κ1) is 82.5. The standard InChI is InChI=1S/C32H16N8.C30H27N5O14S4.3CH4O3S.Zn/c1-2-10-18-17(9-1)25-33-26(18)38-28-21-13-5-6-14-22(21)30(35-28)40-32-24-16-8-7-15-23(24)31(36-32)39-29-20-12-4-3-11-19(20)27(34-29)37-25;1-16-9-25(33-34-29-28(53(46,47)48)12-18-10-20(35-50(2,38)39)5-6-22(18)30(29)37)26(49-8-7-36)15-24(16)32-31-19-4-3-17-11-21(51(40,41)42)14-27(23(17)13-19)52(43,44)45;3*1-5(2,3)4;/h1-16H;3-6,9-15,35-37H,7-8H2,1-2H3,(H,40,41,42)(H,43,44,45)(H,46,47,48);3*1H3,(H,2,3,4);/q-2;;;;;+2. The van der Waals surface area contributed by atoms with E-state index in [0.717, 1.165) is 62.2 Å². The number of hydrogen-bond donors (Lipinski definition) is 9. The number of aromatic hydroxyl groups is 1. The summed E-state index contributed by atoms with van der Waals surface area (Å²) < 4.78 is 210. The van der Waals surface area contributed by atoms with Crippen molar-refractivity contribution >= 4 is 165 Å².